The number of aromatic nitrogens is 4. The highest BCUT2D eigenvalue weighted by molar-refractivity contribution is 7.90. The molecule has 8 heteroatoms. The monoisotopic (exact) mass is 399 g/mol. The minimum absolute atomic E-state index is 0.197. The molecule has 0 saturated heterocycles. The van der Waals surface area contributed by atoms with Gasteiger partial charge < -0.3 is 9.55 Å². The van der Waals surface area contributed by atoms with Crippen LogP contribution in [0, 0.1) is 12.8 Å². The van der Waals surface area contributed by atoms with Crippen LogP contribution in [0.2, 0.25) is 0 Å². The highest BCUT2D eigenvalue weighted by atomic mass is 32.2. The van der Waals surface area contributed by atoms with Gasteiger partial charge in [0.05, 0.1) is 17.0 Å². The second kappa shape index (κ2) is 6.34. The van der Waals surface area contributed by atoms with E-state index in [1.165, 1.54) is 5.57 Å². The van der Waals surface area contributed by atoms with E-state index in [0.717, 1.165) is 60.0 Å². The van der Waals surface area contributed by atoms with Gasteiger partial charge in [-0.25, -0.2) is 18.4 Å². The lowest BCUT2D eigenvalue weighted by Crippen LogP contribution is -2.22. The van der Waals surface area contributed by atoms with Gasteiger partial charge in [-0.1, -0.05) is 18.9 Å². The summed E-state index contributed by atoms with van der Waals surface area (Å²) in [6.45, 7) is 4.25. The number of imidazole rings is 1. The zero-order valence-electron chi connectivity index (χ0n) is 16.1. The van der Waals surface area contributed by atoms with Crippen LogP contribution in [-0.2, 0) is 10.0 Å². The Balaban J connectivity index is 1.53. The molecule has 0 amide bonds. The van der Waals surface area contributed by atoms with Gasteiger partial charge >= 0.3 is 0 Å². The van der Waals surface area contributed by atoms with Crippen molar-refractivity contribution in [3.63, 3.8) is 0 Å². The Labute approximate surface area is 164 Å². The zero-order valence-corrected chi connectivity index (χ0v) is 17.0. The Morgan fingerprint density at radius 3 is 2.93 bits per heavy atom. The molecule has 0 unspecified atom stereocenters. The summed E-state index contributed by atoms with van der Waals surface area (Å²) in [4.78, 5) is 12.4. The average Bonchev–Trinajstić information content (AvgIpc) is 3.16. The number of nitrogens with zero attached hydrogens (tertiary/aromatic N) is 3. The third-order valence-electron chi connectivity index (χ3n) is 6.20. The molecule has 0 bridgehead atoms. The maximum absolute atomic E-state index is 12.2. The van der Waals surface area contributed by atoms with Crippen LogP contribution in [0.15, 0.2) is 30.2 Å². The Bertz CT molecular complexity index is 1190. The molecular weight excluding hydrogens is 374 g/mol. The summed E-state index contributed by atoms with van der Waals surface area (Å²) < 4.78 is 29.4. The second-order valence-electron chi connectivity index (χ2n) is 8.07. The number of H-pyrrole nitrogens is 1. The largest absolute Gasteiger partial charge is 0.346 e. The van der Waals surface area contributed by atoms with Gasteiger partial charge in [0.15, 0.2) is 0 Å². The fourth-order valence-electron chi connectivity index (χ4n) is 4.58. The Morgan fingerprint density at radius 1 is 1.36 bits per heavy atom. The molecular formula is C20H25N5O2S. The molecule has 0 spiro atoms. The maximum Gasteiger partial charge on any atom is 0.235 e. The van der Waals surface area contributed by atoms with Crippen LogP contribution >= 0.6 is 0 Å². The van der Waals surface area contributed by atoms with E-state index < -0.39 is 10.0 Å². The number of rotatable bonds is 5. The van der Waals surface area contributed by atoms with Crippen molar-refractivity contribution in [2.75, 3.05) is 0 Å². The summed E-state index contributed by atoms with van der Waals surface area (Å²) in [6, 6.07) is 2.32. The summed E-state index contributed by atoms with van der Waals surface area (Å²) in [6.07, 6.45) is 9.83. The number of nitrogens with one attached hydrogen (secondary N) is 2. The smallest absolute Gasteiger partial charge is 0.235 e. The summed E-state index contributed by atoms with van der Waals surface area (Å²) >= 11 is 0. The first kappa shape index (κ1) is 17.7. The average molecular weight is 400 g/mol. The van der Waals surface area contributed by atoms with Crippen molar-refractivity contribution in [1.82, 2.24) is 24.2 Å². The molecule has 28 heavy (non-hydrogen) atoms. The highest BCUT2D eigenvalue weighted by Crippen LogP contribution is 2.44. The molecule has 3 heterocycles. The standard InChI is InChI=1S/C20H25N5O2S/c1-3-14-8-13(10-23-28(26,27)15-4-5-15)9-18(14)25-12(2)24-17-11-22-20-16(19(17)25)6-7-21-20/h6-7,10-11,14-15,18,23H,3-5,8-9H2,1-2H3,(H,21,22)/b13-10+/t14-,18+/m1/s1. The molecule has 7 nitrogen and oxygen atoms in total. The SMILES string of the molecule is CC[C@@H]1C/C(=C\NS(=O)(=O)C2CC2)C[C@@H]1n1c(C)nc2cnc3[nH]ccc3c21. The molecule has 148 valence electrons. The van der Waals surface area contributed by atoms with Crippen LogP contribution < -0.4 is 4.72 Å². The summed E-state index contributed by atoms with van der Waals surface area (Å²) in [7, 11) is -3.19. The number of sulfonamides is 1. The number of pyridine rings is 1. The third-order valence-corrected chi connectivity index (χ3v) is 7.99. The molecule has 5 rings (SSSR count). The topological polar surface area (TPSA) is 92.7 Å². The summed E-state index contributed by atoms with van der Waals surface area (Å²) in [5.74, 6) is 1.43. The number of aromatic amines is 1. The van der Waals surface area contributed by atoms with Gasteiger partial charge in [-0.2, -0.15) is 0 Å². The van der Waals surface area contributed by atoms with Crippen LogP contribution in [-0.4, -0.2) is 33.2 Å². The molecule has 0 aromatic carbocycles. The van der Waals surface area contributed by atoms with Crippen molar-refractivity contribution in [3.8, 4) is 0 Å². The molecule has 2 aliphatic rings. The number of hydrogen-bond donors (Lipinski definition) is 2. The van der Waals surface area contributed by atoms with Crippen LogP contribution in [0.3, 0.4) is 0 Å². The van der Waals surface area contributed by atoms with Crippen LogP contribution in [0.1, 0.15) is 50.9 Å². The Kier molecular flexibility index (Phi) is 4.01. The van der Waals surface area contributed by atoms with Crippen molar-refractivity contribution in [1.29, 1.82) is 0 Å². The molecule has 3 aromatic heterocycles. The maximum atomic E-state index is 12.2. The van der Waals surface area contributed by atoms with Gasteiger partial charge in [0.1, 0.15) is 17.0 Å². The molecule has 0 radical (unpaired) electrons. The number of hydrogen-bond acceptors (Lipinski definition) is 4. The minimum atomic E-state index is -3.19. The number of fused-ring (bicyclic) bond motifs is 3. The van der Waals surface area contributed by atoms with Crippen molar-refractivity contribution in [3.05, 3.63) is 36.1 Å². The molecule has 2 saturated carbocycles. The molecule has 3 aromatic rings. The lowest BCUT2D eigenvalue weighted by atomic mass is 10.00. The Hall–Kier alpha value is -2.35. The predicted molar refractivity (Wildman–Crippen MR) is 109 cm³/mol. The van der Waals surface area contributed by atoms with E-state index in [1.54, 1.807) is 6.20 Å². The minimum Gasteiger partial charge on any atom is -0.346 e. The molecule has 2 aliphatic carbocycles. The lowest BCUT2D eigenvalue weighted by Gasteiger charge is -2.22. The van der Waals surface area contributed by atoms with E-state index in [9.17, 15) is 8.42 Å². The lowest BCUT2D eigenvalue weighted by molar-refractivity contribution is 0.372. The number of aryl methyl sites for hydroxylation is 1. The van der Waals surface area contributed by atoms with E-state index in [-0.39, 0.29) is 11.3 Å². The van der Waals surface area contributed by atoms with Crippen LogP contribution in [0.25, 0.3) is 22.1 Å². The molecule has 2 fully saturated rings. The first-order valence-electron chi connectivity index (χ1n) is 9.97. The zero-order chi connectivity index (χ0) is 19.5. The molecule has 2 atom stereocenters. The molecule has 0 aliphatic heterocycles. The fourth-order valence-corrected chi connectivity index (χ4v) is 5.86. The predicted octanol–water partition coefficient (Wildman–Crippen LogP) is 3.55. The fraction of sp³-hybridized carbons (Fsp3) is 0.500. The van der Waals surface area contributed by atoms with Gasteiger partial charge in [0, 0.05) is 23.8 Å². The van der Waals surface area contributed by atoms with Crippen molar-refractivity contribution in [2.45, 2.75) is 57.2 Å². The van der Waals surface area contributed by atoms with Crippen LogP contribution in [0.4, 0.5) is 0 Å². The number of allylic oxidation sites excluding steroid dienone is 1. The third kappa shape index (κ3) is 2.82. The van der Waals surface area contributed by atoms with Gasteiger partial charge in [-0.15, -0.1) is 0 Å². The van der Waals surface area contributed by atoms with Gasteiger partial charge in [0.2, 0.25) is 10.0 Å². The quantitative estimate of drug-likeness (QED) is 0.686. The summed E-state index contributed by atoms with van der Waals surface area (Å²) in [5, 5.41) is 0.887. The normalized spacial score (nSPS) is 24.6. The highest BCUT2D eigenvalue weighted by Gasteiger charge is 2.36. The van der Waals surface area contributed by atoms with Crippen molar-refractivity contribution in [2.24, 2.45) is 5.92 Å². The van der Waals surface area contributed by atoms with Gasteiger partial charge in [0.25, 0.3) is 0 Å². The van der Waals surface area contributed by atoms with Gasteiger partial charge in [-0.05, 0) is 44.6 Å². The van der Waals surface area contributed by atoms with E-state index in [0.29, 0.717) is 5.92 Å². The second-order valence-corrected chi connectivity index (χ2v) is 10.1. The van der Waals surface area contributed by atoms with E-state index >= 15 is 0 Å². The first-order chi connectivity index (χ1) is 13.5. The first-order valence-corrected chi connectivity index (χ1v) is 11.5. The van der Waals surface area contributed by atoms with E-state index in [2.05, 4.69) is 32.2 Å². The summed E-state index contributed by atoms with van der Waals surface area (Å²) in [5.41, 5.74) is 4.06. The Morgan fingerprint density at radius 2 is 2.18 bits per heavy atom. The molecule has 2 N–H and O–H groups in total. The van der Waals surface area contributed by atoms with Crippen LogP contribution in [0.5, 0.6) is 0 Å². The van der Waals surface area contributed by atoms with Gasteiger partial charge in [-0.3, -0.25) is 4.72 Å². The van der Waals surface area contributed by atoms with E-state index in [4.69, 9.17) is 4.98 Å². The van der Waals surface area contributed by atoms with Crippen molar-refractivity contribution >= 4 is 32.1 Å². The van der Waals surface area contributed by atoms with E-state index in [1.807, 2.05) is 19.3 Å². The van der Waals surface area contributed by atoms with Crippen molar-refractivity contribution < 1.29 is 8.42 Å².